The average molecular weight is 326 g/mol. The van der Waals surface area contributed by atoms with Crippen LogP contribution in [0.5, 0.6) is 0 Å². The van der Waals surface area contributed by atoms with Crippen LogP contribution in [0, 0.1) is 5.41 Å². The molecule has 0 atom stereocenters. The van der Waals surface area contributed by atoms with E-state index in [2.05, 4.69) is 81.4 Å². The van der Waals surface area contributed by atoms with Crippen molar-refractivity contribution in [2.24, 2.45) is 5.41 Å². The van der Waals surface area contributed by atoms with Gasteiger partial charge in [-0.25, -0.2) is 0 Å². The lowest BCUT2D eigenvalue weighted by Crippen LogP contribution is -2.42. The molecule has 0 aliphatic carbocycles. The van der Waals surface area contributed by atoms with Gasteiger partial charge < -0.3 is 13.7 Å². The maximum absolute atomic E-state index is 6.30. The van der Waals surface area contributed by atoms with Crippen LogP contribution in [0.15, 0.2) is 11.2 Å². The summed E-state index contributed by atoms with van der Waals surface area (Å²) in [6.45, 7) is 23.8. The SMILES string of the molecule is CC(C)O[Si](C)(C)/C(=C/B1OC(C)(C)C(C)(C)O1)C(C)(C)C. The van der Waals surface area contributed by atoms with E-state index in [9.17, 15) is 0 Å². The van der Waals surface area contributed by atoms with Crippen molar-refractivity contribution in [1.82, 2.24) is 0 Å². The molecule has 1 heterocycles. The summed E-state index contributed by atoms with van der Waals surface area (Å²) in [5.41, 5.74) is -0.572. The van der Waals surface area contributed by atoms with Crippen LogP contribution in [0.1, 0.15) is 62.3 Å². The van der Waals surface area contributed by atoms with Gasteiger partial charge in [-0.1, -0.05) is 31.9 Å². The third-order valence-corrected chi connectivity index (χ3v) is 7.84. The molecule has 1 rings (SSSR count). The molecule has 22 heavy (non-hydrogen) atoms. The first-order valence-corrected chi connectivity index (χ1v) is 11.3. The zero-order chi connectivity index (χ0) is 17.6. The van der Waals surface area contributed by atoms with Crippen LogP contribution >= 0.6 is 0 Å². The molecule has 1 aliphatic rings. The van der Waals surface area contributed by atoms with E-state index >= 15 is 0 Å². The van der Waals surface area contributed by atoms with E-state index in [1.165, 1.54) is 5.20 Å². The summed E-state index contributed by atoms with van der Waals surface area (Å²) in [4.78, 5) is 0. The highest BCUT2D eigenvalue weighted by atomic mass is 28.4. The predicted molar refractivity (Wildman–Crippen MR) is 97.3 cm³/mol. The molecule has 0 saturated carbocycles. The fourth-order valence-corrected chi connectivity index (χ4v) is 6.75. The lowest BCUT2D eigenvalue weighted by molar-refractivity contribution is 0.00578. The first kappa shape index (κ1) is 19.9. The Labute approximate surface area is 139 Å². The van der Waals surface area contributed by atoms with Crippen molar-refractivity contribution in [3.05, 3.63) is 11.2 Å². The van der Waals surface area contributed by atoms with Crippen molar-refractivity contribution in [3.8, 4) is 0 Å². The van der Waals surface area contributed by atoms with Gasteiger partial charge in [0.25, 0.3) is 0 Å². The third kappa shape index (κ3) is 4.47. The van der Waals surface area contributed by atoms with Crippen LogP contribution in [-0.2, 0) is 13.7 Å². The monoisotopic (exact) mass is 326 g/mol. The molecule has 128 valence electrons. The Hall–Kier alpha value is -0.0982. The van der Waals surface area contributed by atoms with Gasteiger partial charge in [-0.05, 0) is 60.1 Å². The smallest absolute Gasteiger partial charge is 0.411 e. The number of rotatable bonds is 4. The summed E-state index contributed by atoms with van der Waals surface area (Å²) in [7, 11) is -2.29. The molecule has 0 aromatic rings. The predicted octanol–water partition coefficient (Wildman–Crippen LogP) is 4.76. The summed E-state index contributed by atoms with van der Waals surface area (Å²) >= 11 is 0. The highest BCUT2D eigenvalue weighted by molar-refractivity contribution is 6.80. The molecule has 0 radical (unpaired) electrons. The Morgan fingerprint density at radius 1 is 1.05 bits per heavy atom. The van der Waals surface area contributed by atoms with Crippen LogP contribution in [0.4, 0.5) is 0 Å². The molecule has 0 amide bonds. The Bertz CT molecular complexity index is 418. The molecule has 0 unspecified atom stereocenters. The van der Waals surface area contributed by atoms with Gasteiger partial charge in [0.15, 0.2) is 0 Å². The first-order valence-electron chi connectivity index (χ1n) is 8.35. The van der Waals surface area contributed by atoms with Crippen LogP contribution in [0.25, 0.3) is 0 Å². The van der Waals surface area contributed by atoms with Gasteiger partial charge in [0.2, 0.25) is 8.32 Å². The summed E-state index contributed by atoms with van der Waals surface area (Å²) < 4.78 is 18.6. The van der Waals surface area contributed by atoms with E-state index in [1.807, 2.05) is 0 Å². The van der Waals surface area contributed by atoms with Crippen molar-refractivity contribution in [3.63, 3.8) is 0 Å². The molecule has 0 aromatic heterocycles. The van der Waals surface area contributed by atoms with Gasteiger partial charge in [-0.2, -0.15) is 0 Å². The van der Waals surface area contributed by atoms with E-state index in [0.717, 1.165) is 0 Å². The molecule has 0 N–H and O–H groups in total. The van der Waals surface area contributed by atoms with Gasteiger partial charge in [0.1, 0.15) is 0 Å². The van der Waals surface area contributed by atoms with Crippen molar-refractivity contribution in [1.29, 1.82) is 0 Å². The fraction of sp³-hybridized carbons (Fsp3) is 0.882. The average Bonchev–Trinajstić information content (AvgIpc) is 2.40. The summed E-state index contributed by atoms with van der Waals surface area (Å²) in [5, 5.41) is 1.34. The zero-order valence-electron chi connectivity index (χ0n) is 16.5. The minimum absolute atomic E-state index is 0.0359. The van der Waals surface area contributed by atoms with E-state index in [-0.39, 0.29) is 29.8 Å². The molecular weight excluding hydrogens is 291 g/mol. The number of hydrogen-bond donors (Lipinski definition) is 0. The van der Waals surface area contributed by atoms with Crippen LogP contribution in [0.3, 0.4) is 0 Å². The summed E-state index contributed by atoms with van der Waals surface area (Å²) in [5.74, 6) is 2.17. The van der Waals surface area contributed by atoms with Crippen LogP contribution < -0.4 is 0 Å². The molecule has 5 heteroatoms. The van der Waals surface area contributed by atoms with Crippen molar-refractivity contribution >= 4 is 15.4 Å². The molecule has 1 saturated heterocycles. The number of allylic oxidation sites excluding steroid dienone is 1. The Kier molecular flexibility index (Phi) is 5.51. The quantitative estimate of drug-likeness (QED) is 0.697. The summed E-state index contributed by atoms with van der Waals surface area (Å²) in [6, 6.07) is 0. The Morgan fingerprint density at radius 3 is 1.77 bits per heavy atom. The Morgan fingerprint density at radius 2 is 1.45 bits per heavy atom. The van der Waals surface area contributed by atoms with Crippen molar-refractivity contribution < 1.29 is 13.7 Å². The second kappa shape index (κ2) is 6.08. The van der Waals surface area contributed by atoms with Crippen LogP contribution in [0.2, 0.25) is 13.1 Å². The largest absolute Gasteiger partial charge is 0.486 e. The second-order valence-electron chi connectivity index (χ2n) is 9.13. The molecular formula is C17H35BO3Si. The highest BCUT2D eigenvalue weighted by Crippen LogP contribution is 2.40. The maximum Gasteiger partial charge on any atom is 0.486 e. The van der Waals surface area contributed by atoms with Crippen molar-refractivity contribution in [2.75, 3.05) is 0 Å². The van der Waals surface area contributed by atoms with E-state index in [0.29, 0.717) is 0 Å². The standard InChI is InChI=1S/C17H35BO3Si/c1-13(2)19-22(10,11)14(15(3,4)5)12-18-20-16(6,7)17(8,9)21-18/h12-13H,1-11H3/b14-12+. The third-order valence-electron chi connectivity index (χ3n) is 4.56. The highest BCUT2D eigenvalue weighted by Gasteiger charge is 2.51. The van der Waals surface area contributed by atoms with Crippen LogP contribution in [-0.4, -0.2) is 32.7 Å². The minimum atomic E-state index is -1.99. The molecule has 0 aromatic carbocycles. The van der Waals surface area contributed by atoms with E-state index < -0.39 is 8.32 Å². The van der Waals surface area contributed by atoms with Gasteiger partial charge in [0, 0.05) is 6.10 Å². The molecule has 3 nitrogen and oxygen atoms in total. The van der Waals surface area contributed by atoms with Gasteiger partial charge >= 0.3 is 7.12 Å². The lowest BCUT2D eigenvalue weighted by atomic mass is 9.84. The van der Waals surface area contributed by atoms with E-state index in [4.69, 9.17) is 13.7 Å². The summed E-state index contributed by atoms with van der Waals surface area (Å²) in [6.07, 6.45) is 0.228. The molecule has 0 spiro atoms. The first-order chi connectivity index (χ1) is 9.58. The zero-order valence-corrected chi connectivity index (χ0v) is 17.5. The van der Waals surface area contributed by atoms with Gasteiger partial charge in [-0.3, -0.25) is 0 Å². The van der Waals surface area contributed by atoms with Gasteiger partial charge in [0.05, 0.1) is 11.2 Å². The Balaban J connectivity index is 3.15. The van der Waals surface area contributed by atoms with E-state index in [1.54, 1.807) is 0 Å². The maximum atomic E-state index is 6.30. The van der Waals surface area contributed by atoms with Crippen molar-refractivity contribution in [2.45, 2.75) is 92.7 Å². The molecule has 1 fully saturated rings. The lowest BCUT2D eigenvalue weighted by Gasteiger charge is -2.36. The normalized spacial score (nSPS) is 22.5. The molecule has 1 aliphatic heterocycles. The second-order valence-corrected chi connectivity index (χ2v) is 12.9. The number of hydrogen-bond acceptors (Lipinski definition) is 3. The minimum Gasteiger partial charge on any atom is -0.411 e. The topological polar surface area (TPSA) is 27.7 Å². The molecule has 0 bridgehead atoms. The van der Waals surface area contributed by atoms with Gasteiger partial charge in [-0.15, -0.1) is 0 Å². The fourth-order valence-electron chi connectivity index (χ4n) is 3.10.